The molecule has 0 bridgehead atoms. The predicted molar refractivity (Wildman–Crippen MR) is 54.7 cm³/mol. The zero-order valence-corrected chi connectivity index (χ0v) is 9.30. The number of ether oxygens (including phenoxy) is 1. The Balaban J connectivity index is 2.33. The zero-order chi connectivity index (χ0) is 12.6. The number of hydrogen-bond donors (Lipinski definition) is 0. The first-order chi connectivity index (χ1) is 7.95. The SMILES string of the molecule is CCOC(=O)C1=C(C2CC2)CN=C1C(F)(F)F. The van der Waals surface area contributed by atoms with Crippen LogP contribution in [0.2, 0.25) is 0 Å². The van der Waals surface area contributed by atoms with Gasteiger partial charge in [-0.2, -0.15) is 13.2 Å². The van der Waals surface area contributed by atoms with Crippen molar-refractivity contribution in [2.24, 2.45) is 10.9 Å². The van der Waals surface area contributed by atoms with E-state index in [1.54, 1.807) is 6.92 Å². The molecule has 0 saturated heterocycles. The second-order valence-electron chi connectivity index (χ2n) is 4.06. The maximum atomic E-state index is 12.7. The van der Waals surface area contributed by atoms with E-state index in [0.29, 0.717) is 5.57 Å². The Kier molecular flexibility index (Phi) is 2.97. The average molecular weight is 247 g/mol. The molecule has 0 aromatic heterocycles. The summed E-state index contributed by atoms with van der Waals surface area (Å²) in [5.74, 6) is -0.819. The van der Waals surface area contributed by atoms with Crippen molar-refractivity contribution in [1.82, 2.24) is 0 Å². The molecular weight excluding hydrogens is 235 g/mol. The van der Waals surface area contributed by atoms with Crippen LogP contribution in [-0.4, -0.2) is 31.0 Å². The molecule has 3 nitrogen and oxygen atoms in total. The summed E-state index contributed by atoms with van der Waals surface area (Å²) in [6, 6.07) is 0. The predicted octanol–water partition coefficient (Wildman–Crippen LogP) is 2.27. The van der Waals surface area contributed by atoms with Gasteiger partial charge in [0.25, 0.3) is 0 Å². The molecule has 0 aromatic carbocycles. The number of rotatable bonds is 3. The largest absolute Gasteiger partial charge is 0.462 e. The Hall–Kier alpha value is -1.33. The molecule has 0 N–H and O–H groups in total. The van der Waals surface area contributed by atoms with Gasteiger partial charge in [-0.15, -0.1) is 0 Å². The van der Waals surface area contributed by atoms with Gasteiger partial charge in [0.15, 0.2) is 5.71 Å². The fraction of sp³-hybridized carbons (Fsp3) is 0.636. The maximum Gasteiger partial charge on any atom is 0.433 e. The van der Waals surface area contributed by atoms with E-state index in [2.05, 4.69) is 9.73 Å². The third-order valence-electron chi connectivity index (χ3n) is 2.78. The first kappa shape index (κ1) is 12.1. The minimum atomic E-state index is -4.58. The molecule has 2 rings (SSSR count). The summed E-state index contributed by atoms with van der Waals surface area (Å²) in [4.78, 5) is 15.0. The summed E-state index contributed by atoms with van der Waals surface area (Å²) in [6.45, 7) is 1.60. The molecular formula is C11H12F3NO2. The van der Waals surface area contributed by atoms with Gasteiger partial charge in [0.05, 0.1) is 18.7 Å². The molecule has 0 unspecified atom stereocenters. The van der Waals surface area contributed by atoms with Crippen molar-refractivity contribution in [3.8, 4) is 0 Å². The van der Waals surface area contributed by atoms with E-state index in [1.807, 2.05) is 0 Å². The third kappa shape index (κ3) is 2.35. The van der Waals surface area contributed by atoms with Crippen molar-refractivity contribution < 1.29 is 22.7 Å². The van der Waals surface area contributed by atoms with E-state index in [4.69, 9.17) is 0 Å². The zero-order valence-electron chi connectivity index (χ0n) is 9.30. The lowest BCUT2D eigenvalue weighted by Crippen LogP contribution is -2.28. The van der Waals surface area contributed by atoms with Gasteiger partial charge in [0.2, 0.25) is 0 Å². The first-order valence-electron chi connectivity index (χ1n) is 5.47. The van der Waals surface area contributed by atoms with Crippen LogP contribution < -0.4 is 0 Å². The lowest BCUT2D eigenvalue weighted by Gasteiger charge is -2.11. The molecule has 2 aliphatic rings. The molecule has 6 heteroatoms. The fourth-order valence-electron chi connectivity index (χ4n) is 1.90. The fourth-order valence-corrected chi connectivity index (χ4v) is 1.90. The van der Waals surface area contributed by atoms with E-state index >= 15 is 0 Å². The molecule has 0 aromatic rings. The lowest BCUT2D eigenvalue weighted by molar-refractivity contribution is -0.138. The summed E-state index contributed by atoms with van der Waals surface area (Å²) in [6.07, 6.45) is -2.92. The van der Waals surface area contributed by atoms with Gasteiger partial charge < -0.3 is 4.74 Å². The van der Waals surface area contributed by atoms with Crippen molar-refractivity contribution >= 4 is 11.7 Å². The van der Waals surface area contributed by atoms with Crippen molar-refractivity contribution in [1.29, 1.82) is 0 Å². The Labute approximate surface area is 96.4 Å². The number of carbonyl (C=O) groups is 1. The van der Waals surface area contributed by atoms with Crippen molar-refractivity contribution in [2.45, 2.75) is 25.9 Å². The topological polar surface area (TPSA) is 38.7 Å². The minimum absolute atomic E-state index is 0.0202. The minimum Gasteiger partial charge on any atom is -0.462 e. The van der Waals surface area contributed by atoms with Crippen molar-refractivity contribution in [3.05, 3.63) is 11.1 Å². The van der Waals surface area contributed by atoms with Gasteiger partial charge >= 0.3 is 12.1 Å². The van der Waals surface area contributed by atoms with Gasteiger partial charge in [-0.1, -0.05) is 0 Å². The summed E-state index contributed by atoms with van der Waals surface area (Å²) in [5.41, 5.74) is -0.921. The maximum absolute atomic E-state index is 12.7. The normalized spacial score (nSPS) is 20.6. The van der Waals surface area contributed by atoms with Crippen LogP contribution in [0.4, 0.5) is 13.2 Å². The Morgan fingerprint density at radius 1 is 1.47 bits per heavy atom. The van der Waals surface area contributed by atoms with Gasteiger partial charge in [-0.3, -0.25) is 4.99 Å². The van der Waals surface area contributed by atoms with Crippen LogP contribution in [0.5, 0.6) is 0 Å². The second kappa shape index (κ2) is 4.16. The Bertz CT molecular complexity index is 405. The third-order valence-corrected chi connectivity index (χ3v) is 2.78. The Morgan fingerprint density at radius 2 is 2.12 bits per heavy atom. The van der Waals surface area contributed by atoms with E-state index in [9.17, 15) is 18.0 Å². The summed E-state index contributed by atoms with van der Waals surface area (Å²) in [7, 11) is 0. The van der Waals surface area contributed by atoms with E-state index in [-0.39, 0.29) is 24.6 Å². The molecule has 0 atom stereocenters. The summed E-state index contributed by atoms with van der Waals surface area (Å²) >= 11 is 0. The van der Waals surface area contributed by atoms with Crippen molar-refractivity contribution in [2.75, 3.05) is 13.2 Å². The summed E-state index contributed by atoms with van der Waals surface area (Å²) < 4.78 is 42.8. The number of aliphatic imine (C=N–C) groups is 1. The van der Waals surface area contributed by atoms with Crippen molar-refractivity contribution in [3.63, 3.8) is 0 Å². The number of halogens is 3. The number of nitrogens with zero attached hydrogens (tertiary/aromatic N) is 1. The molecule has 0 spiro atoms. The smallest absolute Gasteiger partial charge is 0.433 e. The standard InChI is InChI=1S/C11H12F3NO2/c1-2-17-10(16)8-7(6-3-4-6)5-15-9(8)11(12,13)14/h6H,2-5H2,1H3. The van der Waals surface area contributed by atoms with E-state index in [1.165, 1.54) is 0 Å². The molecule has 94 valence electrons. The lowest BCUT2D eigenvalue weighted by atomic mass is 10.0. The van der Waals surface area contributed by atoms with Gasteiger partial charge in [0, 0.05) is 0 Å². The van der Waals surface area contributed by atoms with Crippen LogP contribution in [0.3, 0.4) is 0 Å². The number of alkyl halides is 3. The number of esters is 1. The molecule has 1 heterocycles. The molecule has 1 fully saturated rings. The average Bonchev–Trinajstić information content (AvgIpc) is 2.95. The van der Waals surface area contributed by atoms with E-state index < -0.39 is 17.9 Å². The second-order valence-corrected chi connectivity index (χ2v) is 4.06. The van der Waals surface area contributed by atoms with Gasteiger partial charge in [0.1, 0.15) is 0 Å². The molecule has 1 saturated carbocycles. The van der Waals surface area contributed by atoms with Gasteiger partial charge in [-0.25, -0.2) is 4.79 Å². The number of hydrogen-bond acceptors (Lipinski definition) is 3. The van der Waals surface area contributed by atoms with Crippen LogP contribution in [0.25, 0.3) is 0 Å². The Morgan fingerprint density at radius 3 is 2.59 bits per heavy atom. The molecule has 0 radical (unpaired) electrons. The quantitative estimate of drug-likeness (QED) is 0.717. The van der Waals surface area contributed by atoms with Crippen LogP contribution >= 0.6 is 0 Å². The van der Waals surface area contributed by atoms with Crippen LogP contribution in [0.15, 0.2) is 16.1 Å². The highest BCUT2D eigenvalue weighted by Gasteiger charge is 2.46. The highest BCUT2D eigenvalue weighted by atomic mass is 19.4. The highest BCUT2D eigenvalue weighted by Crippen LogP contribution is 2.42. The molecule has 1 aliphatic carbocycles. The van der Waals surface area contributed by atoms with Gasteiger partial charge in [-0.05, 0) is 31.3 Å². The first-order valence-corrected chi connectivity index (χ1v) is 5.47. The number of carbonyl (C=O) groups excluding carboxylic acids is 1. The summed E-state index contributed by atoms with van der Waals surface area (Å²) in [5, 5.41) is 0. The highest BCUT2D eigenvalue weighted by molar-refractivity contribution is 6.24. The molecule has 0 amide bonds. The molecule has 17 heavy (non-hydrogen) atoms. The van der Waals surface area contributed by atoms with E-state index in [0.717, 1.165) is 12.8 Å². The molecule has 1 aliphatic heterocycles. The monoisotopic (exact) mass is 247 g/mol. The van der Waals surface area contributed by atoms with Crippen LogP contribution in [0.1, 0.15) is 19.8 Å². The van der Waals surface area contributed by atoms with Crippen LogP contribution in [0, 0.1) is 5.92 Å². The van der Waals surface area contributed by atoms with Crippen LogP contribution in [-0.2, 0) is 9.53 Å².